The third-order valence-corrected chi connectivity index (χ3v) is 2.97. The Morgan fingerprint density at radius 3 is 2.67 bits per heavy atom. The molecule has 1 saturated heterocycles. The Hall–Kier alpha value is -2.83. The SMILES string of the molecule is CC1(C)OC(=O)C(=CNc2cccc3cn[nH]c23)C(=O)O1. The van der Waals surface area contributed by atoms with Gasteiger partial charge in [0.25, 0.3) is 5.79 Å². The number of carbonyl (C=O) groups is 2. The van der Waals surface area contributed by atoms with Gasteiger partial charge in [0.15, 0.2) is 5.57 Å². The minimum atomic E-state index is -1.24. The fourth-order valence-electron chi connectivity index (χ4n) is 2.02. The summed E-state index contributed by atoms with van der Waals surface area (Å²) >= 11 is 0. The minimum absolute atomic E-state index is 0.189. The summed E-state index contributed by atoms with van der Waals surface area (Å²) in [4.78, 5) is 23.6. The average Bonchev–Trinajstić information content (AvgIpc) is 2.85. The number of benzene rings is 1. The van der Waals surface area contributed by atoms with Crippen LogP contribution in [0.2, 0.25) is 0 Å². The molecule has 1 aliphatic rings. The van der Waals surface area contributed by atoms with E-state index in [0.717, 1.165) is 10.9 Å². The quantitative estimate of drug-likeness (QED) is 0.496. The fraction of sp³-hybridized carbons (Fsp3) is 0.214. The second-order valence-corrected chi connectivity index (χ2v) is 5.02. The van der Waals surface area contributed by atoms with Crippen LogP contribution in [0.1, 0.15) is 13.8 Å². The van der Waals surface area contributed by atoms with E-state index in [4.69, 9.17) is 9.47 Å². The van der Waals surface area contributed by atoms with Gasteiger partial charge in [-0.25, -0.2) is 9.59 Å². The summed E-state index contributed by atoms with van der Waals surface area (Å²) < 4.78 is 10.0. The highest BCUT2D eigenvalue weighted by Crippen LogP contribution is 2.24. The number of fused-ring (bicyclic) bond motifs is 1. The van der Waals surface area contributed by atoms with Gasteiger partial charge in [0.1, 0.15) is 0 Å². The molecule has 0 bridgehead atoms. The molecule has 0 radical (unpaired) electrons. The first-order valence-corrected chi connectivity index (χ1v) is 6.32. The van der Waals surface area contributed by atoms with Gasteiger partial charge in [-0.3, -0.25) is 5.10 Å². The third-order valence-electron chi connectivity index (χ3n) is 2.97. The number of aromatic amines is 1. The van der Waals surface area contributed by atoms with Crippen LogP contribution in [0.3, 0.4) is 0 Å². The van der Waals surface area contributed by atoms with Crippen LogP contribution in [0.4, 0.5) is 5.69 Å². The maximum Gasteiger partial charge on any atom is 0.350 e. The molecule has 0 spiro atoms. The molecule has 3 rings (SSSR count). The molecular formula is C14H13N3O4. The highest BCUT2D eigenvalue weighted by molar-refractivity contribution is 6.15. The van der Waals surface area contributed by atoms with Crippen LogP contribution in [0, 0.1) is 0 Å². The molecule has 7 nitrogen and oxygen atoms in total. The van der Waals surface area contributed by atoms with Crippen molar-refractivity contribution in [2.45, 2.75) is 19.6 Å². The molecule has 1 aromatic heterocycles. The van der Waals surface area contributed by atoms with Gasteiger partial charge in [0, 0.05) is 25.4 Å². The molecule has 0 amide bonds. The lowest BCUT2D eigenvalue weighted by atomic mass is 10.2. The van der Waals surface area contributed by atoms with E-state index in [1.54, 1.807) is 12.3 Å². The molecule has 0 unspecified atom stereocenters. The molecule has 0 saturated carbocycles. The van der Waals surface area contributed by atoms with Crippen molar-refractivity contribution in [1.29, 1.82) is 0 Å². The van der Waals surface area contributed by atoms with Gasteiger partial charge < -0.3 is 14.8 Å². The molecule has 108 valence electrons. The summed E-state index contributed by atoms with van der Waals surface area (Å²) in [6.07, 6.45) is 2.95. The molecule has 7 heteroatoms. The number of esters is 2. The van der Waals surface area contributed by atoms with Crippen molar-refractivity contribution in [3.8, 4) is 0 Å². The van der Waals surface area contributed by atoms with Gasteiger partial charge >= 0.3 is 11.9 Å². The molecule has 0 atom stereocenters. The smallest absolute Gasteiger partial charge is 0.350 e. The predicted molar refractivity (Wildman–Crippen MR) is 74.1 cm³/mol. The fourth-order valence-corrected chi connectivity index (χ4v) is 2.02. The number of anilines is 1. The lowest BCUT2D eigenvalue weighted by molar-refractivity contribution is -0.222. The molecule has 21 heavy (non-hydrogen) atoms. The standard InChI is InChI=1S/C14H13N3O4/c1-14(2)20-12(18)9(13(19)21-14)7-15-10-5-3-4-8-6-16-17-11(8)10/h3-7,15H,1-2H3,(H,16,17). The highest BCUT2D eigenvalue weighted by atomic mass is 16.7. The number of ether oxygens (including phenoxy) is 2. The van der Waals surface area contributed by atoms with Crippen LogP contribution < -0.4 is 5.32 Å². The topological polar surface area (TPSA) is 93.3 Å². The Balaban J connectivity index is 1.88. The van der Waals surface area contributed by atoms with E-state index in [-0.39, 0.29) is 5.57 Å². The molecule has 0 aliphatic carbocycles. The van der Waals surface area contributed by atoms with Crippen molar-refractivity contribution in [3.63, 3.8) is 0 Å². The summed E-state index contributed by atoms with van der Waals surface area (Å²) in [6.45, 7) is 3.00. The zero-order valence-electron chi connectivity index (χ0n) is 11.5. The van der Waals surface area contributed by atoms with Crippen LogP contribution in [-0.2, 0) is 19.1 Å². The first kappa shape index (κ1) is 13.2. The van der Waals surface area contributed by atoms with Gasteiger partial charge in [0.2, 0.25) is 0 Å². The molecule has 2 aromatic rings. The molecule has 1 fully saturated rings. The number of hydrogen-bond donors (Lipinski definition) is 2. The van der Waals surface area contributed by atoms with E-state index in [1.807, 2.05) is 12.1 Å². The summed E-state index contributed by atoms with van der Waals surface area (Å²) in [6, 6.07) is 5.52. The van der Waals surface area contributed by atoms with Crippen molar-refractivity contribution in [3.05, 3.63) is 36.2 Å². The van der Waals surface area contributed by atoms with Crippen LogP contribution in [0.15, 0.2) is 36.2 Å². The predicted octanol–water partition coefficient (Wildman–Crippen LogP) is 1.69. The van der Waals surface area contributed by atoms with E-state index < -0.39 is 17.7 Å². The van der Waals surface area contributed by atoms with Crippen LogP contribution in [-0.4, -0.2) is 27.9 Å². The van der Waals surface area contributed by atoms with E-state index in [0.29, 0.717) is 5.69 Å². The molecule has 2 N–H and O–H groups in total. The molecular weight excluding hydrogens is 274 g/mol. The largest absolute Gasteiger partial charge is 0.419 e. The molecule has 1 aromatic carbocycles. The second-order valence-electron chi connectivity index (χ2n) is 5.02. The third kappa shape index (κ3) is 2.45. The molecule has 2 heterocycles. The second kappa shape index (κ2) is 4.62. The van der Waals surface area contributed by atoms with E-state index >= 15 is 0 Å². The van der Waals surface area contributed by atoms with Crippen molar-refractivity contribution >= 4 is 28.5 Å². The molecule has 1 aliphatic heterocycles. The Morgan fingerprint density at radius 1 is 1.24 bits per heavy atom. The lowest BCUT2D eigenvalue weighted by Gasteiger charge is -2.29. The van der Waals surface area contributed by atoms with Crippen molar-refractivity contribution in [2.75, 3.05) is 5.32 Å². The maximum absolute atomic E-state index is 11.8. The zero-order chi connectivity index (χ0) is 15.0. The number of hydrogen-bond acceptors (Lipinski definition) is 6. The number of aromatic nitrogens is 2. The van der Waals surface area contributed by atoms with Crippen molar-refractivity contribution in [1.82, 2.24) is 10.2 Å². The van der Waals surface area contributed by atoms with Crippen molar-refractivity contribution < 1.29 is 19.1 Å². The number of cyclic esters (lactones) is 2. The Morgan fingerprint density at radius 2 is 1.95 bits per heavy atom. The van der Waals surface area contributed by atoms with E-state index in [2.05, 4.69) is 15.5 Å². The van der Waals surface area contributed by atoms with Gasteiger partial charge in [-0.1, -0.05) is 12.1 Å². The van der Waals surface area contributed by atoms with Gasteiger partial charge in [-0.05, 0) is 6.07 Å². The highest BCUT2D eigenvalue weighted by Gasteiger charge is 2.38. The van der Waals surface area contributed by atoms with Gasteiger partial charge in [-0.2, -0.15) is 5.10 Å². The van der Waals surface area contributed by atoms with Gasteiger partial charge in [0.05, 0.1) is 17.4 Å². The normalized spacial score (nSPS) is 17.3. The summed E-state index contributed by atoms with van der Waals surface area (Å²) in [7, 11) is 0. The van der Waals surface area contributed by atoms with Crippen LogP contribution >= 0.6 is 0 Å². The Bertz CT molecular complexity index is 738. The Kier molecular flexibility index (Phi) is 2.90. The zero-order valence-corrected chi connectivity index (χ0v) is 11.5. The average molecular weight is 287 g/mol. The number of H-pyrrole nitrogens is 1. The van der Waals surface area contributed by atoms with Crippen LogP contribution in [0.5, 0.6) is 0 Å². The Labute approximate surface area is 119 Å². The number of para-hydroxylation sites is 1. The first-order chi connectivity index (χ1) is 9.96. The minimum Gasteiger partial charge on any atom is -0.419 e. The monoisotopic (exact) mass is 287 g/mol. The number of nitrogens with one attached hydrogen (secondary N) is 2. The first-order valence-electron chi connectivity index (χ1n) is 6.32. The van der Waals surface area contributed by atoms with Crippen molar-refractivity contribution in [2.24, 2.45) is 0 Å². The summed E-state index contributed by atoms with van der Waals surface area (Å²) in [5.74, 6) is -2.68. The maximum atomic E-state index is 11.8. The van der Waals surface area contributed by atoms with E-state index in [9.17, 15) is 9.59 Å². The van der Waals surface area contributed by atoms with Crippen LogP contribution in [0.25, 0.3) is 10.9 Å². The number of rotatable bonds is 2. The summed E-state index contributed by atoms with van der Waals surface area (Å²) in [5, 5.41) is 10.6. The number of carbonyl (C=O) groups excluding carboxylic acids is 2. The van der Waals surface area contributed by atoms with E-state index in [1.165, 1.54) is 20.0 Å². The summed E-state index contributed by atoms with van der Waals surface area (Å²) in [5.41, 5.74) is 1.26. The van der Waals surface area contributed by atoms with Gasteiger partial charge in [-0.15, -0.1) is 0 Å². The number of nitrogens with zero attached hydrogens (tertiary/aromatic N) is 1. The lowest BCUT2D eigenvalue weighted by Crippen LogP contribution is -2.42.